The Kier molecular flexibility index (Phi) is 6.69. The highest BCUT2D eigenvalue weighted by molar-refractivity contribution is 5.99. The van der Waals surface area contributed by atoms with E-state index in [0.717, 1.165) is 23.0 Å². The summed E-state index contributed by atoms with van der Waals surface area (Å²) in [5.74, 6) is -0.598. The molecule has 33 heavy (non-hydrogen) atoms. The fourth-order valence-electron chi connectivity index (χ4n) is 3.77. The number of rotatable bonds is 6. The number of nitrogens with one attached hydrogen (secondary N) is 1. The van der Waals surface area contributed by atoms with Crippen LogP contribution in [0, 0.1) is 0 Å². The van der Waals surface area contributed by atoms with E-state index in [0.29, 0.717) is 5.56 Å². The molecule has 1 N–H and O–H groups in total. The number of nitrogens with zero attached hydrogens (tertiary/aromatic N) is 2. The highest BCUT2D eigenvalue weighted by Gasteiger charge is 2.20. The van der Waals surface area contributed by atoms with Crippen LogP contribution in [0.1, 0.15) is 35.3 Å². The van der Waals surface area contributed by atoms with E-state index >= 15 is 0 Å². The van der Waals surface area contributed by atoms with Gasteiger partial charge in [0.1, 0.15) is 0 Å². The number of hydrogen-bond donors (Lipinski definition) is 1. The molecule has 0 unspecified atom stereocenters. The molecule has 0 aliphatic heterocycles. The number of benzene rings is 3. The molecule has 1 aromatic heterocycles. The highest BCUT2D eigenvalue weighted by Crippen LogP contribution is 2.23. The first-order chi connectivity index (χ1) is 16.0. The van der Waals surface area contributed by atoms with E-state index in [-0.39, 0.29) is 17.9 Å². The Morgan fingerprint density at radius 2 is 1.55 bits per heavy atom. The molecule has 0 atom stereocenters. The maximum absolute atomic E-state index is 12.8. The minimum Gasteiger partial charge on any atom is -0.342 e. The predicted molar refractivity (Wildman–Crippen MR) is 132 cm³/mol. The van der Waals surface area contributed by atoms with Crippen LogP contribution in [-0.2, 0) is 11.3 Å². The summed E-state index contributed by atoms with van der Waals surface area (Å²) in [5, 5.41) is 2.43. The first-order valence-electron chi connectivity index (χ1n) is 11.0. The molecule has 4 rings (SSSR count). The van der Waals surface area contributed by atoms with Crippen LogP contribution in [0.25, 0.3) is 17.0 Å². The van der Waals surface area contributed by atoms with Crippen LogP contribution in [-0.4, -0.2) is 27.4 Å². The van der Waals surface area contributed by atoms with Crippen molar-refractivity contribution in [2.75, 3.05) is 0 Å². The summed E-state index contributed by atoms with van der Waals surface area (Å²) in [6.07, 6.45) is 5.32. The van der Waals surface area contributed by atoms with Gasteiger partial charge >= 0.3 is 0 Å². The molecule has 0 bridgehead atoms. The van der Waals surface area contributed by atoms with Gasteiger partial charge in [-0.25, -0.2) is 5.01 Å². The number of fused-ring (bicyclic) bond motifs is 1. The molecular weight excluding hydrogens is 410 g/mol. The standard InChI is InChI=1S/C28H27N3O2/c1-21(2)31(28(33)23-13-7-4-8-14-23)29-27(32)18-17-24-20-30(19-22-11-5-3-6-12-22)26-16-10-9-15-25(24)26/h3-18,20-21H,19H2,1-2H3,(H,29,32). The average Bonchev–Trinajstić information content (AvgIpc) is 3.19. The molecule has 3 aromatic carbocycles. The van der Waals surface area contributed by atoms with Crippen molar-refractivity contribution in [1.29, 1.82) is 0 Å². The first kappa shape index (κ1) is 22.1. The van der Waals surface area contributed by atoms with Crippen molar-refractivity contribution in [2.45, 2.75) is 26.4 Å². The van der Waals surface area contributed by atoms with Crippen LogP contribution in [0.15, 0.2) is 97.2 Å². The lowest BCUT2D eigenvalue weighted by Gasteiger charge is -2.26. The summed E-state index contributed by atoms with van der Waals surface area (Å²) in [7, 11) is 0. The van der Waals surface area contributed by atoms with E-state index in [1.54, 1.807) is 30.3 Å². The number of hydrogen-bond acceptors (Lipinski definition) is 2. The van der Waals surface area contributed by atoms with E-state index in [9.17, 15) is 9.59 Å². The second kappa shape index (κ2) is 10.0. The lowest BCUT2D eigenvalue weighted by molar-refractivity contribution is -0.120. The molecular formula is C28H27N3O2. The van der Waals surface area contributed by atoms with Crippen molar-refractivity contribution in [3.8, 4) is 0 Å². The number of hydrazine groups is 1. The highest BCUT2D eigenvalue weighted by atomic mass is 16.2. The molecule has 0 radical (unpaired) electrons. The fourth-order valence-corrected chi connectivity index (χ4v) is 3.77. The zero-order valence-corrected chi connectivity index (χ0v) is 18.8. The Morgan fingerprint density at radius 1 is 0.909 bits per heavy atom. The van der Waals surface area contributed by atoms with Crippen molar-refractivity contribution in [1.82, 2.24) is 15.0 Å². The summed E-state index contributed by atoms with van der Waals surface area (Å²) in [6.45, 7) is 4.47. The van der Waals surface area contributed by atoms with Crippen LogP contribution in [0.5, 0.6) is 0 Å². The smallest absolute Gasteiger partial charge is 0.272 e. The molecule has 0 spiro atoms. The monoisotopic (exact) mass is 437 g/mol. The Balaban J connectivity index is 1.54. The Labute approximate surface area is 193 Å². The summed E-state index contributed by atoms with van der Waals surface area (Å²) >= 11 is 0. The van der Waals surface area contributed by atoms with Gasteiger partial charge < -0.3 is 4.57 Å². The van der Waals surface area contributed by atoms with Crippen molar-refractivity contribution in [3.63, 3.8) is 0 Å². The third-order valence-electron chi connectivity index (χ3n) is 5.42. The lowest BCUT2D eigenvalue weighted by Crippen LogP contribution is -2.49. The molecule has 0 aliphatic rings. The number of aromatic nitrogens is 1. The van der Waals surface area contributed by atoms with Gasteiger partial charge in [0.25, 0.3) is 11.8 Å². The quantitative estimate of drug-likeness (QED) is 0.329. The number of carbonyl (C=O) groups excluding carboxylic acids is 2. The van der Waals surface area contributed by atoms with Crippen LogP contribution >= 0.6 is 0 Å². The summed E-state index contributed by atoms with van der Waals surface area (Å²) in [5.41, 5.74) is 6.51. The van der Waals surface area contributed by atoms with E-state index < -0.39 is 0 Å². The van der Waals surface area contributed by atoms with Gasteiger partial charge in [0.15, 0.2) is 0 Å². The maximum Gasteiger partial charge on any atom is 0.272 e. The summed E-state index contributed by atoms with van der Waals surface area (Å²) in [4.78, 5) is 25.5. The molecule has 0 saturated carbocycles. The molecule has 5 nitrogen and oxygen atoms in total. The van der Waals surface area contributed by atoms with Crippen LogP contribution in [0.2, 0.25) is 0 Å². The molecule has 166 valence electrons. The lowest BCUT2D eigenvalue weighted by atomic mass is 10.1. The van der Waals surface area contributed by atoms with Gasteiger partial charge in [0.05, 0.1) is 0 Å². The van der Waals surface area contributed by atoms with E-state index in [4.69, 9.17) is 0 Å². The molecule has 0 aliphatic carbocycles. The third kappa shape index (κ3) is 5.21. The van der Waals surface area contributed by atoms with Gasteiger partial charge in [-0.05, 0) is 43.7 Å². The van der Waals surface area contributed by atoms with Gasteiger partial charge in [-0.15, -0.1) is 0 Å². The second-order valence-electron chi connectivity index (χ2n) is 8.16. The van der Waals surface area contributed by atoms with E-state index in [1.807, 2.05) is 56.3 Å². The minimum atomic E-state index is -0.354. The zero-order chi connectivity index (χ0) is 23.2. The van der Waals surface area contributed by atoms with Crippen LogP contribution in [0.4, 0.5) is 0 Å². The number of para-hydroxylation sites is 1. The van der Waals surface area contributed by atoms with Gasteiger partial charge in [0, 0.05) is 46.9 Å². The molecule has 4 aromatic rings. The van der Waals surface area contributed by atoms with Crippen LogP contribution in [0.3, 0.4) is 0 Å². The summed E-state index contributed by atoms with van der Waals surface area (Å²) < 4.78 is 2.18. The predicted octanol–water partition coefficient (Wildman–Crippen LogP) is 5.28. The van der Waals surface area contributed by atoms with Gasteiger partial charge in [-0.1, -0.05) is 66.7 Å². The average molecular weight is 438 g/mol. The minimum absolute atomic E-state index is 0.192. The largest absolute Gasteiger partial charge is 0.342 e. The molecule has 5 heteroatoms. The summed E-state index contributed by atoms with van der Waals surface area (Å²) in [6, 6.07) is 27.1. The number of amides is 2. The fraction of sp³-hybridized carbons (Fsp3) is 0.143. The molecule has 2 amide bonds. The topological polar surface area (TPSA) is 54.3 Å². The van der Waals surface area contributed by atoms with E-state index in [1.165, 1.54) is 16.6 Å². The zero-order valence-electron chi connectivity index (χ0n) is 18.8. The SMILES string of the molecule is CC(C)N(NC(=O)C=Cc1cn(Cc2ccccc2)c2ccccc12)C(=O)c1ccccc1. The van der Waals surface area contributed by atoms with Crippen molar-refractivity contribution >= 4 is 28.8 Å². The second-order valence-corrected chi connectivity index (χ2v) is 8.16. The van der Waals surface area contributed by atoms with Crippen molar-refractivity contribution < 1.29 is 9.59 Å². The Morgan fingerprint density at radius 3 is 2.24 bits per heavy atom. The number of carbonyl (C=O) groups is 2. The molecule has 1 heterocycles. The van der Waals surface area contributed by atoms with Crippen molar-refractivity contribution in [2.24, 2.45) is 0 Å². The van der Waals surface area contributed by atoms with Gasteiger partial charge in [0.2, 0.25) is 0 Å². The molecule has 0 fully saturated rings. The van der Waals surface area contributed by atoms with Crippen molar-refractivity contribution in [3.05, 3.63) is 114 Å². The first-order valence-corrected chi connectivity index (χ1v) is 11.0. The maximum atomic E-state index is 12.8. The Hall–Kier alpha value is -4.12. The van der Waals surface area contributed by atoms with Gasteiger partial charge in [-0.2, -0.15) is 0 Å². The van der Waals surface area contributed by atoms with Crippen LogP contribution < -0.4 is 5.43 Å². The Bertz CT molecular complexity index is 1270. The normalized spacial score (nSPS) is 11.2. The van der Waals surface area contributed by atoms with Gasteiger partial charge in [-0.3, -0.25) is 15.0 Å². The molecule has 0 saturated heterocycles. The van der Waals surface area contributed by atoms with E-state index in [2.05, 4.69) is 34.4 Å². The third-order valence-corrected chi connectivity index (χ3v) is 5.42.